The molecule has 0 amide bonds. The smallest absolute Gasteiger partial charge is 0.422 e. The summed E-state index contributed by atoms with van der Waals surface area (Å²) in [6.07, 6.45) is -1.48. The van der Waals surface area contributed by atoms with Crippen molar-refractivity contribution in [3.63, 3.8) is 0 Å². The molecule has 2 aromatic heterocycles. The molecule has 4 nitrogen and oxygen atoms in total. The molecule has 96 valence electrons. The molecular weight excluding hydrogens is 271 g/mol. The second-order valence-electron chi connectivity index (χ2n) is 3.31. The Bertz CT molecular complexity index is 541. The van der Waals surface area contributed by atoms with E-state index in [4.69, 9.17) is 11.6 Å². The Kier molecular flexibility index (Phi) is 3.42. The maximum absolute atomic E-state index is 11.9. The van der Waals surface area contributed by atoms with Crippen LogP contribution in [0.25, 0.3) is 5.82 Å². The first-order valence-corrected chi connectivity index (χ1v) is 5.19. The van der Waals surface area contributed by atoms with Crippen LogP contribution in [0.2, 0.25) is 5.02 Å². The monoisotopic (exact) mass is 277 g/mol. The number of alkyl halides is 3. The van der Waals surface area contributed by atoms with Gasteiger partial charge in [-0.2, -0.15) is 13.2 Å². The van der Waals surface area contributed by atoms with E-state index in [0.29, 0.717) is 10.8 Å². The zero-order chi connectivity index (χ0) is 13.2. The van der Waals surface area contributed by atoms with Crippen molar-refractivity contribution in [1.29, 1.82) is 0 Å². The highest BCUT2D eigenvalue weighted by molar-refractivity contribution is 6.32. The van der Waals surface area contributed by atoms with E-state index in [2.05, 4.69) is 14.8 Å². The Morgan fingerprint density at radius 3 is 2.78 bits per heavy atom. The van der Waals surface area contributed by atoms with Gasteiger partial charge in [0.25, 0.3) is 0 Å². The molecule has 0 spiro atoms. The molecule has 0 aliphatic carbocycles. The molecule has 2 heterocycles. The van der Waals surface area contributed by atoms with Gasteiger partial charge < -0.3 is 4.74 Å². The lowest BCUT2D eigenvalue weighted by Crippen LogP contribution is -2.19. The van der Waals surface area contributed by atoms with Crippen LogP contribution in [-0.2, 0) is 0 Å². The second kappa shape index (κ2) is 4.85. The molecule has 0 N–H and O–H groups in total. The van der Waals surface area contributed by atoms with Crippen LogP contribution in [0.3, 0.4) is 0 Å². The maximum atomic E-state index is 11.9. The van der Waals surface area contributed by atoms with Gasteiger partial charge in [-0.25, -0.2) is 9.67 Å². The summed E-state index contributed by atoms with van der Waals surface area (Å²) in [5.74, 6) is 0.176. The molecule has 2 rings (SSSR count). The summed E-state index contributed by atoms with van der Waals surface area (Å²) in [5, 5.41) is 4.13. The second-order valence-corrected chi connectivity index (χ2v) is 3.72. The first kappa shape index (κ1) is 12.7. The van der Waals surface area contributed by atoms with Gasteiger partial charge in [0.1, 0.15) is 0 Å². The van der Waals surface area contributed by atoms with Gasteiger partial charge in [0, 0.05) is 18.5 Å². The third-order valence-electron chi connectivity index (χ3n) is 1.90. The molecule has 0 aromatic carbocycles. The summed E-state index contributed by atoms with van der Waals surface area (Å²) in [4.78, 5) is 3.96. The standard InChI is InChI=1S/C10H7ClF3N3O/c11-7-2-1-4-15-9(7)17-5-3-8(16-17)18-6-10(12,13)14/h1-5H,6H2. The van der Waals surface area contributed by atoms with Crippen LogP contribution in [0, 0.1) is 0 Å². The SMILES string of the molecule is FC(F)(F)COc1ccn(-c2ncccc2Cl)n1. The van der Waals surface area contributed by atoms with Crippen molar-refractivity contribution in [1.82, 2.24) is 14.8 Å². The molecule has 0 fully saturated rings. The van der Waals surface area contributed by atoms with E-state index in [1.807, 2.05) is 0 Å². The summed E-state index contributed by atoms with van der Waals surface area (Å²) in [5.41, 5.74) is 0. The van der Waals surface area contributed by atoms with Crippen molar-refractivity contribution in [2.75, 3.05) is 6.61 Å². The molecule has 0 atom stereocenters. The minimum Gasteiger partial charge on any atom is -0.467 e. The Balaban J connectivity index is 2.14. The van der Waals surface area contributed by atoms with Crippen LogP contribution in [-0.4, -0.2) is 27.5 Å². The average Bonchev–Trinajstić information content (AvgIpc) is 2.75. The number of hydrogen-bond donors (Lipinski definition) is 0. The zero-order valence-electron chi connectivity index (χ0n) is 8.86. The summed E-state index contributed by atoms with van der Waals surface area (Å²) < 4.78 is 41.6. The predicted octanol–water partition coefficient (Wildman–Crippen LogP) is 2.86. The van der Waals surface area contributed by atoms with E-state index in [9.17, 15) is 13.2 Å². The maximum Gasteiger partial charge on any atom is 0.422 e. The van der Waals surface area contributed by atoms with Crippen molar-refractivity contribution in [2.45, 2.75) is 6.18 Å². The Hall–Kier alpha value is -1.76. The van der Waals surface area contributed by atoms with E-state index in [1.54, 1.807) is 12.1 Å². The fraction of sp³-hybridized carbons (Fsp3) is 0.200. The van der Waals surface area contributed by atoms with Crippen LogP contribution < -0.4 is 4.74 Å². The van der Waals surface area contributed by atoms with Gasteiger partial charge in [-0.05, 0) is 12.1 Å². The quantitative estimate of drug-likeness (QED) is 0.866. The van der Waals surface area contributed by atoms with Crippen molar-refractivity contribution in [3.05, 3.63) is 35.6 Å². The highest BCUT2D eigenvalue weighted by Gasteiger charge is 2.28. The van der Waals surface area contributed by atoms with E-state index >= 15 is 0 Å². The van der Waals surface area contributed by atoms with E-state index in [1.165, 1.54) is 23.1 Å². The molecule has 8 heteroatoms. The summed E-state index contributed by atoms with van der Waals surface area (Å²) in [6.45, 7) is -1.39. The topological polar surface area (TPSA) is 39.9 Å². The first-order chi connectivity index (χ1) is 8.46. The highest BCUT2D eigenvalue weighted by Crippen LogP contribution is 2.20. The van der Waals surface area contributed by atoms with Gasteiger partial charge in [0.05, 0.1) is 5.02 Å². The molecule has 18 heavy (non-hydrogen) atoms. The molecule has 0 aliphatic rings. The van der Waals surface area contributed by atoms with E-state index < -0.39 is 12.8 Å². The highest BCUT2D eigenvalue weighted by atomic mass is 35.5. The summed E-state index contributed by atoms with van der Waals surface area (Å²) in [7, 11) is 0. The number of pyridine rings is 1. The number of halogens is 4. The number of ether oxygens (including phenoxy) is 1. The zero-order valence-corrected chi connectivity index (χ0v) is 9.61. The molecular formula is C10H7ClF3N3O. The van der Waals surface area contributed by atoms with Gasteiger partial charge in [-0.15, -0.1) is 5.10 Å². The van der Waals surface area contributed by atoms with Crippen LogP contribution in [0.15, 0.2) is 30.6 Å². The normalized spacial score (nSPS) is 11.6. The Labute approximate surface area is 105 Å². The molecule has 0 saturated carbocycles. The van der Waals surface area contributed by atoms with Crippen LogP contribution in [0.1, 0.15) is 0 Å². The van der Waals surface area contributed by atoms with Crippen molar-refractivity contribution in [3.8, 4) is 11.7 Å². The van der Waals surface area contributed by atoms with E-state index in [-0.39, 0.29) is 5.88 Å². The van der Waals surface area contributed by atoms with Gasteiger partial charge in [0.2, 0.25) is 5.88 Å². The number of hydrogen-bond acceptors (Lipinski definition) is 3. The predicted molar refractivity (Wildman–Crippen MR) is 57.9 cm³/mol. The van der Waals surface area contributed by atoms with Gasteiger partial charge in [-0.3, -0.25) is 0 Å². The van der Waals surface area contributed by atoms with Crippen molar-refractivity contribution in [2.24, 2.45) is 0 Å². The van der Waals surface area contributed by atoms with Crippen LogP contribution in [0.4, 0.5) is 13.2 Å². The summed E-state index contributed by atoms with van der Waals surface area (Å²) >= 11 is 5.87. The number of aromatic nitrogens is 3. The fourth-order valence-corrected chi connectivity index (χ4v) is 1.41. The lowest BCUT2D eigenvalue weighted by molar-refractivity contribution is -0.154. The molecule has 2 aromatic rings. The lowest BCUT2D eigenvalue weighted by atomic mass is 10.4. The third-order valence-corrected chi connectivity index (χ3v) is 2.20. The minimum atomic E-state index is -4.40. The fourth-order valence-electron chi connectivity index (χ4n) is 1.20. The molecule has 0 radical (unpaired) electrons. The first-order valence-electron chi connectivity index (χ1n) is 4.82. The van der Waals surface area contributed by atoms with Crippen LogP contribution >= 0.6 is 11.6 Å². The van der Waals surface area contributed by atoms with E-state index in [0.717, 1.165) is 0 Å². The van der Waals surface area contributed by atoms with Crippen molar-refractivity contribution < 1.29 is 17.9 Å². The van der Waals surface area contributed by atoms with Gasteiger partial charge in [0.15, 0.2) is 12.4 Å². The minimum absolute atomic E-state index is 0.144. The largest absolute Gasteiger partial charge is 0.467 e. The average molecular weight is 278 g/mol. The lowest BCUT2D eigenvalue weighted by Gasteiger charge is -2.06. The number of nitrogens with zero attached hydrogens (tertiary/aromatic N) is 3. The van der Waals surface area contributed by atoms with Gasteiger partial charge >= 0.3 is 6.18 Å². The van der Waals surface area contributed by atoms with Crippen LogP contribution in [0.5, 0.6) is 5.88 Å². The van der Waals surface area contributed by atoms with Gasteiger partial charge in [-0.1, -0.05) is 11.6 Å². The molecule has 0 bridgehead atoms. The molecule has 0 aliphatic heterocycles. The number of rotatable bonds is 3. The molecule has 0 saturated heterocycles. The summed E-state index contributed by atoms with van der Waals surface area (Å²) in [6, 6.07) is 4.54. The Morgan fingerprint density at radius 2 is 2.11 bits per heavy atom. The van der Waals surface area contributed by atoms with Crippen molar-refractivity contribution >= 4 is 11.6 Å². The Morgan fingerprint density at radius 1 is 1.33 bits per heavy atom. The third kappa shape index (κ3) is 3.13. The molecule has 0 unspecified atom stereocenters.